The van der Waals surface area contributed by atoms with Gasteiger partial charge in [-0.25, -0.2) is 0 Å². The number of thiophene rings is 1. The lowest BCUT2D eigenvalue weighted by Gasteiger charge is -2.19. The highest BCUT2D eigenvalue weighted by atomic mass is 32.1. The van der Waals surface area contributed by atoms with E-state index in [1.54, 1.807) is 29.0 Å². The van der Waals surface area contributed by atoms with E-state index in [0.717, 1.165) is 11.1 Å². The lowest BCUT2D eigenvalue weighted by atomic mass is 10.1. The first-order valence-electron chi connectivity index (χ1n) is 10.6. The minimum atomic E-state index is -0.757. The van der Waals surface area contributed by atoms with Gasteiger partial charge in [0.2, 0.25) is 11.9 Å². The summed E-state index contributed by atoms with van der Waals surface area (Å²) in [5.74, 6) is 1.10. The monoisotopic (exact) mass is 452 g/mol. The number of anilines is 2. The van der Waals surface area contributed by atoms with E-state index in [9.17, 15) is 10.2 Å². The van der Waals surface area contributed by atoms with Crippen molar-refractivity contribution >= 4 is 28.9 Å². The second kappa shape index (κ2) is 9.64. The molecule has 0 saturated heterocycles. The van der Waals surface area contributed by atoms with E-state index >= 15 is 0 Å². The van der Waals surface area contributed by atoms with E-state index < -0.39 is 12.1 Å². The average Bonchev–Trinajstić information content (AvgIpc) is 3.46. The van der Waals surface area contributed by atoms with Crippen molar-refractivity contribution in [2.45, 2.75) is 45.4 Å². The van der Waals surface area contributed by atoms with Gasteiger partial charge in [0, 0.05) is 12.1 Å². The van der Waals surface area contributed by atoms with Crippen LogP contribution in [0.2, 0.25) is 0 Å². The van der Waals surface area contributed by atoms with Crippen LogP contribution in [0.15, 0.2) is 47.3 Å². The van der Waals surface area contributed by atoms with Gasteiger partial charge in [-0.15, -0.1) is 0 Å². The summed E-state index contributed by atoms with van der Waals surface area (Å²) in [6.07, 6.45) is 1.05. The molecule has 0 aliphatic carbocycles. The molecule has 168 valence electrons. The van der Waals surface area contributed by atoms with Crippen LogP contribution in [0.3, 0.4) is 0 Å². The Kier molecular flexibility index (Phi) is 6.69. The fourth-order valence-corrected chi connectivity index (χ4v) is 4.06. The molecule has 0 aliphatic rings. The first-order valence-corrected chi connectivity index (χ1v) is 11.6. The maximum absolute atomic E-state index is 9.89. The molecule has 4 N–H and O–H groups in total. The van der Waals surface area contributed by atoms with E-state index in [0.29, 0.717) is 24.1 Å². The molecule has 0 radical (unpaired) electrons. The second-order valence-corrected chi connectivity index (χ2v) is 8.88. The molecule has 9 heteroatoms. The summed E-state index contributed by atoms with van der Waals surface area (Å²) in [5, 5.41) is 34.5. The zero-order valence-corrected chi connectivity index (χ0v) is 19.2. The third-order valence-electron chi connectivity index (χ3n) is 5.37. The summed E-state index contributed by atoms with van der Waals surface area (Å²) >= 11 is 1.69. The maximum atomic E-state index is 9.89. The Morgan fingerprint density at radius 2 is 1.84 bits per heavy atom. The Labute approximate surface area is 191 Å². The Balaban J connectivity index is 1.60. The van der Waals surface area contributed by atoms with Gasteiger partial charge >= 0.3 is 0 Å². The molecule has 2 unspecified atom stereocenters. The quantitative estimate of drug-likeness (QED) is 0.306. The summed E-state index contributed by atoms with van der Waals surface area (Å²) in [5.41, 5.74) is 5.20. The van der Waals surface area contributed by atoms with Gasteiger partial charge in [-0.3, -0.25) is 0 Å². The van der Waals surface area contributed by atoms with Gasteiger partial charge in [0.05, 0.1) is 24.9 Å². The summed E-state index contributed by atoms with van der Waals surface area (Å²) in [4.78, 5) is 9.16. The molecule has 0 spiro atoms. The summed E-state index contributed by atoms with van der Waals surface area (Å²) in [6, 6.07) is 9.95. The zero-order chi connectivity index (χ0) is 22.7. The van der Waals surface area contributed by atoms with Crippen molar-refractivity contribution in [2.75, 3.05) is 17.2 Å². The number of aliphatic hydroxyl groups excluding tert-OH is 2. The van der Waals surface area contributed by atoms with Crippen LogP contribution in [-0.4, -0.2) is 48.5 Å². The zero-order valence-electron chi connectivity index (χ0n) is 18.4. The van der Waals surface area contributed by atoms with Gasteiger partial charge in [-0.1, -0.05) is 38.1 Å². The predicted octanol–water partition coefficient (Wildman–Crippen LogP) is 3.74. The van der Waals surface area contributed by atoms with Gasteiger partial charge in [-0.2, -0.15) is 30.9 Å². The smallest absolute Gasteiger partial charge is 0.229 e. The van der Waals surface area contributed by atoms with Crippen LogP contribution in [0, 0.1) is 0 Å². The second-order valence-electron chi connectivity index (χ2n) is 8.10. The van der Waals surface area contributed by atoms with Crippen LogP contribution in [0.1, 0.15) is 37.8 Å². The molecular formula is C23H28N6O2S. The Bertz CT molecular complexity index is 1160. The number of aliphatic hydroxyl groups is 2. The molecule has 3 aromatic heterocycles. The van der Waals surface area contributed by atoms with Crippen molar-refractivity contribution in [1.82, 2.24) is 19.6 Å². The van der Waals surface area contributed by atoms with Crippen LogP contribution in [0.5, 0.6) is 0 Å². The predicted molar refractivity (Wildman–Crippen MR) is 128 cm³/mol. The van der Waals surface area contributed by atoms with E-state index in [2.05, 4.69) is 80.6 Å². The first-order chi connectivity index (χ1) is 15.5. The van der Waals surface area contributed by atoms with Crippen LogP contribution < -0.4 is 10.6 Å². The Hall–Kier alpha value is -3.01. The number of fused-ring (bicyclic) bond motifs is 1. The largest absolute Gasteiger partial charge is 0.394 e. The van der Waals surface area contributed by atoms with Crippen molar-refractivity contribution in [1.29, 1.82) is 0 Å². The molecule has 3 heterocycles. The number of aromatic nitrogens is 4. The number of rotatable bonds is 9. The molecule has 0 amide bonds. The van der Waals surface area contributed by atoms with Gasteiger partial charge in [0.25, 0.3) is 0 Å². The molecule has 4 aromatic rings. The summed E-state index contributed by atoms with van der Waals surface area (Å²) in [7, 11) is 0. The van der Waals surface area contributed by atoms with E-state index in [1.807, 2.05) is 0 Å². The number of hydrogen-bond donors (Lipinski definition) is 4. The summed E-state index contributed by atoms with van der Waals surface area (Å²) < 4.78 is 1.69. The SMILES string of the molecule is CC(C)c1cnn2c(NCc3ccc(-c4ccsc4)cc3)nc(NC(CO)C(C)O)nc12. The maximum Gasteiger partial charge on any atom is 0.229 e. The number of benzene rings is 1. The third kappa shape index (κ3) is 4.74. The average molecular weight is 453 g/mol. The fraction of sp³-hybridized carbons (Fsp3) is 0.348. The molecule has 8 nitrogen and oxygen atoms in total. The molecule has 1 aromatic carbocycles. The summed E-state index contributed by atoms with van der Waals surface area (Å²) in [6.45, 7) is 6.11. The minimum absolute atomic E-state index is 0.234. The lowest BCUT2D eigenvalue weighted by molar-refractivity contribution is 0.132. The van der Waals surface area contributed by atoms with Gasteiger partial charge in [-0.05, 0) is 46.4 Å². The molecular weight excluding hydrogens is 424 g/mol. The molecule has 4 rings (SSSR count). The molecule has 2 atom stereocenters. The van der Waals surface area contributed by atoms with E-state index in [-0.39, 0.29) is 12.5 Å². The van der Waals surface area contributed by atoms with Crippen molar-refractivity contribution in [3.8, 4) is 11.1 Å². The normalized spacial score (nSPS) is 13.4. The van der Waals surface area contributed by atoms with Crippen molar-refractivity contribution in [3.05, 3.63) is 58.4 Å². The number of nitrogens with one attached hydrogen (secondary N) is 2. The van der Waals surface area contributed by atoms with Crippen molar-refractivity contribution in [3.63, 3.8) is 0 Å². The highest BCUT2D eigenvalue weighted by Gasteiger charge is 2.19. The molecule has 0 saturated carbocycles. The first kappa shape index (κ1) is 22.2. The van der Waals surface area contributed by atoms with Crippen LogP contribution in [0.25, 0.3) is 16.8 Å². The van der Waals surface area contributed by atoms with Gasteiger partial charge in [0.1, 0.15) is 0 Å². The fourth-order valence-electron chi connectivity index (χ4n) is 3.39. The molecule has 0 aliphatic heterocycles. The van der Waals surface area contributed by atoms with E-state index in [1.165, 1.54) is 11.1 Å². The van der Waals surface area contributed by atoms with Crippen LogP contribution >= 0.6 is 11.3 Å². The van der Waals surface area contributed by atoms with E-state index in [4.69, 9.17) is 0 Å². The third-order valence-corrected chi connectivity index (χ3v) is 6.05. The van der Waals surface area contributed by atoms with Crippen LogP contribution in [0.4, 0.5) is 11.9 Å². The Morgan fingerprint density at radius 1 is 1.06 bits per heavy atom. The molecule has 32 heavy (non-hydrogen) atoms. The molecule has 0 bridgehead atoms. The van der Waals surface area contributed by atoms with Crippen molar-refractivity contribution in [2.24, 2.45) is 0 Å². The van der Waals surface area contributed by atoms with Gasteiger partial charge < -0.3 is 20.8 Å². The Morgan fingerprint density at radius 3 is 2.47 bits per heavy atom. The van der Waals surface area contributed by atoms with Crippen molar-refractivity contribution < 1.29 is 10.2 Å². The standard InChI is InChI=1S/C23H28N6O2S/c1-14(2)19-11-25-29-21(19)27-22(26-20(12-30)15(3)31)28-23(29)24-10-16-4-6-17(7-5-16)18-8-9-32-13-18/h4-9,11,13-15,20,30-31H,10,12H2,1-3H3,(H2,24,26,27,28). The minimum Gasteiger partial charge on any atom is -0.394 e. The topological polar surface area (TPSA) is 108 Å². The lowest BCUT2D eigenvalue weighted by Crippen LogP contribution is -2.35. The highest BCUT2D eigenvalue weighted by Crippen LogP contribution is 2.24. The number of hydrogen-bond acceptors (Lipinski definition) is 8. The van der Waals surface area contributed by atoms with Gasteiger partial charge in [0.15, 0.2) is 5.65 Å². The highest BCUT2D eigenvalue weighted by molar-refractivity contribution is 7.08. The number of nitrogens with zero attached hydrogens (tertiary/aromatic N) is 4. The van der Waals surface area contributed by atoms with Crippen LogP contribution in [-0.2, 0) is 6.54 Å². The molecule has 0 fully saturated rings.